The Kier molecular flexibility index (Phi) is 8.95. The molecule has 4 rings (SSSR count). The number of benzene rings is 3. The fourth-order valence-corrected chi connectivity index (χ4v) is 4.61. The van der Waals surface area contributed by atoms with E-state index in [0.29, 0.717) is 12.5 Å². The Bertz CT molecular complexity index is 1200. The van der Waals surface area contributed by atoms with E-state index in [1.54, 1.807) is 0 Å². The number of aromatic nitrogens is 2. The predicted molar refractivity (Wildman–Crippen MR) is 146 cm³/mol. The molecule has 4 heteroatoms. The van der Waals surface area contributed by atoms with Crippen LogP contribution in [0.25, 0.3) is 0 Å². The maximum absolute atomic E-state index is 6.40. The van der Waals surface area contributed by atoms with Gasteiger partial charge in [-0.25, -0.2) is 9.13 Å². The van der Waals surface area contributed by atoms with E-state index in [1.807, 2.05) is 0 Å². The van der Waals surface area contributed by atoms with Crippen molar-refractivity contribution in [1.82, 2.24) is 4.57 Å². The van der Waals surface area contributed by atoms with E-state index < -0.39 is 0 Å². The lowest BCUT2D eigenvalue weighted by Gasteiger charge is -2.17. The number of nitrogens with zero attached hydrogens (tertiary/aromatic N) is 2. The van der Waals surface area contributed by atoms with Crippen LogP contribution in [0.2, 0.25) is 0 Å². The monoisotopic (exact) mass is 531 g/mol. The Balaban J connectivity index is 1.36. The van der Waals surface area contributed by atoms with Crippen molar-refractivity contribution in [3.8, 4) is 0 Å². The summed E-state index contributed by atoms with van der Waals surface area (Å²) in [6.45, 7) is 9.12. The highest BCUT2D eigenvalue weighted by atomic mass is 79.9. The van der Waals surface area contributed by atoms with Crippen LogP contribution in [-0.2, 0) is 30.9 Å². The number of halogens is 1. The van der Waals surface area contributed by atoms with Crippen molar-refractivity contribution in [3.63, 3.8) is 0 Å². The van der Waals surface area contributed by atoms with Gasteiger partial charge in [0.15, 0.2) is 0 Å². The quantitative estimate of drug-likeness (QED) is 0.182. The van der Waals surface area contributed by atoms with Gasteiger partial charge in [0.25, 0.3) is 0 Å². The molecule has 3 nitrogen and oxygen atoms in total. The maximum atomic E-state index is 6.40. The Labute approximate surface area is 218 Å². The zero-order valence-corrected chi connectivity index (χ0v) is 22.6. The molecule has 4 aromatic rings. The smallest absolute Gasteiger partial charge is 0.243 e. The molecule has 0 amide bonds. The Morgan fingerprint density at radius 2 is 1.71 bits per heavy atom. The van der Waals surface area contributed by atoms with E-state index >= 15 is 0 Å². The highest BCUT2D eigenvalue weighted by Gasteiger charge is 2.17. The van der Waals surface area contributed by atoms with Crippen LogP contribution in [0.4, 0.5) is 0 Å². The molecule has 0 bridgehead atoms. The van der Waals surface area contributed by atoms with Gasteiger partial charge < -0.3 is 4.74 Å². The van der Waals surface area contributed by atoms with Gasteiger partial charge in [-0.3, -0.25) is 0 Å². The first-order valence-corrected chi connectivity index (χ1v) is 13.3. The second kappa shape index (κ2) is 12.3. The zero-order valence-electron chi connectivity index (χ0n) is 21.0. The lowest BCUT2D eigenvalue weighted by atomic mass is 9.95. The summed E-state index contributed by atoms with van der Waals surface area (Å²) in [6.07, 6.45) is 8.75. The topological polar surface area (TPSA) is 18.0 Å². The lowest BCUT2D eigenvalue weighted by Crippen LogP contribution is -2.35. The van der Waals surface area contributed by atoms with Crippen molar-refractivity contribution < 1.29 is 9.30 Å². The summed E-state index contributed by atoms with van der Waals surface area (Å²) in [5.74, 6) is 0.571. The van der Waals surface area contributed by atoms with E-state index in [9.17, 15) is 0 Å². The number of ether oxygens (including phenoxy) is 1. The molecule has 1 aromatic heterocycles. The summed E-state index contributed by atoms with van der Waals surface area (Å²) in [5, 5.41) is 0. The third-order valence-electron chi connectivity index (χ3n) is 6.56. The van der Waals surface area contributed by atoms with Crippen LogP contribution >= 0.6 is 15.9 Å². The summed E-state index contributed by atoms with van der Waals surface area (Å²) in [4.78, 5) is 0. The number of hydrogen-bond acceptors (Lipinski definition) is 1. The normalized spacial score (nSPS) is 12.3. The highest BCUT2D eigenvalue weighted by Crippen LogP contribution is 2.21. The summed E-state index contributed by atoms with van der Waals surface area (Å²) in [7, 11) is 0. The second-order valence-corrected chi connectivity index (χ2v) is 10.5. The van der Waals surface area contributed by atoms with Crippen LogP contribution < -0.4 is 4.57 Å². The molecular weight excluding hydrogens is 496 g/mol. The van der Waals surface area contributed by atoms with Crippen LogP contribution in [0.1, 0.15) is 60.1 Å². The molecule has 35 heavy (non-hydrogen) atoms. The number of aryl methyl sites for hydroxylation is 3. The second-order valence-electron chi connectivity index (χ2n) is 9.63. The molecule has 0 saturated carbocycles. The van der Waals surface area contributed by atoms with Gasteiger partial charge in [0.2, 0.25) is 6.33 Å². The maximum Gasteiger partial charge on any atom is 0.243 e. The summed E-state index contributed by atoms with van der Waals surface area (Å²) < 4.78 is 12.0. The Hall–Kier alpha value is -2.69. The molecular formula is C31H36BrN2O+. The zero-order chi connectivity index (χ0) is 24.6. The van der Waals surface area contributed by atoms with Gasteiger partial charge in [-0.05, 0) is 65.6 Å². The molecule has 0 fully saturated rings. The van der Waals surface area contributed by atoms with Gasteiger partial charge >= 0.3 is 0 Å². The minimum absolute atomic E-state index is 0.0119. The van der Waals surface area contributed by atoms with Crippen molar-refractivity contribution >= 4 is 15.9 Å². The summed E-state index contributed by atoms with van der Waals surface area (Å²) in [6, 6.07) is 25.8. The van der Waals surface area contributed by atoms with Gasteiger partial charge in [-0.1, -0.05) is 90.4 Å². The van der Waals surface area contributed by atoms with E-state index in [1.165, 1.54) is 27.8 Å². The Morgan fingerprint density at radius 3 is 2.46 bits per heavy atom. The van der Waals surface area contributed by atoms with Crippen molar-refractivity contribution in [2.45, 2.75) is 65.3 Å². The van der Waals surface area contributed by atoms with E-state index in [0.717, 1.165) is 30.4 Å². The first-order valence-electron chi connectivity index (χ1n) is 12.5. The summed E-state index contributed by atoms with van der Waals surface area (Å²) in [5.41, 5.74) is 6.67. The molecule has 0 aliphatic heterocycles. The number of hydrogen-bond donors (Lipinski definition) is 0. The predicted octanol–water partition coefficient (Wildman–Crippen LogP) is 7.56. The first kappa shape index (κ1) is 25.4. The molecule has 0 N–H and O–H groups in total. The van der Waals surface area contributed by atoms with Gasteiger partial charge in [-0.15, -0.1) is 0 Å². The van der Waals surface area contributed by atoms with Gasteiger partial charge in [0, 0.05) is 4.47 Å². The van der Waals surface area contributed by atoms with Crippen molar-refractivity contribution in [2.24, 2.45) is 0 Å². The lowest BCUT2D eigenvalue weighted by molar-refractivity contribution is -0.704. The van der Waals surface area contributed by atoms with Crippen LogP contribution in [-0.4, -0.2) is 4.57 Å². The molecule has 0 aliphatic rings. The third kappa shape index (κ3) is 7.39. The fourth-order valence-electron chi connectivity index (χ4n) is 4.34. The molecule has 1 atom stereocenters. The molecule has 0 radical (unpaired) electrons. The average Bonchev–Trinajstić information content (AvgIpc) is 3.31. The largest absolute Gasteiger partial charge is 0.365 e. The fraction of sp³-hybridized carbons (Fsp3) is 0.323. The van der Waals surface area contributed by atoms with Crippen molar-refractivity contribution in [1.29, 1.82) is 0 Å². The molecule has 0 spiro atoms. The molecule has 1 unspecified atom stereocenters. The highest BCUT2D eigenvalue weighted by molar-refractivity contribution is 9.10. The van der Waals surface area contributed by atoms with Crippen molar-refractivity contribution in [2.75, 3.05) is 0 Å². The van der Waals surface area contributed by atoms with Gasteiger partial charge in [0.1, 0.15) is 25.0 Å². The van der Waals surface area contributed by atoms with Crippen LogP contribution in [0.5, 0.6) is 0 Å². The van der Waals surface area contributed by atoms with Gasteiger partial charge in [-0.2, -0.15) is 0 Å². The minimum Gasteiger partial charge on any atom is -0.365 e. The molecule has 3 aromatic carbocycles. The first-order chi connectivity index (χ1) is 17.0. The average molecular weight is 533 g/mol. The van der Waals surface area contributed by atoms with Crippen LogP contribution in [0.15, 0.2) is 96.0 Å². The Morgan fingerprint density at radius 1 is 0.943 bits per heavy atom. The van der Waals surface area contributed by atoms with E-state index in [4.69, 9.17) is 4.74 Å². The molecule has 1 heterocycles. The minimum atomic E-state index is -0.0119. The summed E-state index contributed by atoms with van der Waals surface area (Å²) >= 11 is 3.51. The van der Waals surface area contributed by atoms with Crippen LogP contribution in [0.3, 0.4) is 0 Å². The van der Waals surface area contributed by atoms with Crippen LogP contribution in [0, 0.1) is 6.92 Å². The number of imidazole rings is 1. The standard InChI is InChI=1S/C31H36BrN2O/c1-24(2)28-14-11-25(3)29(20-28)10-7-17-33-18-19-34(23-33)21-31(27-8-5-4-6-9-27)35-22-26-12-15-30(32)16-13-26/h4-6,8-9,11-16,18-20,23-24,31H,7,10,17,21-22H2,1-3H3/q+1. The SMILES string of the molecule is Cc1ccc(C(C)C)cc1CCCn1cc[n+](CC(OCc2ccc(Br)cc2)c2ccccc2)c1. The third-order valence-corrected chi connectivity index (χ3v) is 7.09. The van der Waals surface area contributed by atoms with E-state index in [2.05, 4.69) is 137 Å². The van der Waals surface area contributed by atoms with Crippen molar-refractivity contribution in [3.05, 3.63) is 124 Å². The molecule has 0 saturated heterocycles. The van der Waals surface area contributed by atoms with E-state index in [-0.39, 0.29) is 6.10 Å². The molecule has 182 valence electrons. The van der Waals surface area contributed by atoms with Gasteiger partial charge in [0.05, 0.1) is 13.2 Å². The molecule has 0 aliphatic carbocycles. The number of rotatable bonds is 11.